The molecular weight excluding hydrogens is 641 g/mol. The van der Waals surface area contributed by atoms with E-state index in [1.165, 1.54) is 0 Å². The van der Waals surface area contributed by atoms with Gasteiger partial charge in [0.1, 0.15) is 25.0 Å². The zero-order chi connectivity index (χ0) is 34.3. The first kappa shape index (κ1) is 35.1. The van der Waals surface area contributed by atoms with Crippen LogP contribution in [0, 0.1) is 11.3 Å². The maximum Gasteiger partial charge on any atom is 0.198 e. The zero-order valence-electron chi connectivity index (χ0n) is 29.9. The number of rotatable bonds is 11. The highest BCUT2D eigenvalue weighted by molar-refractivity contribution is 6.76. The van der Waals surface area contributed by atoms with Crippen LogP contribution in [0.5, 0.6) is 5.88 Å². The lowest BCUT2D eigenvalue weighted by Gasteiger charge is -2.39. The first-order valence-electron chi connectivity index (χ1n) is 17.3. The van der Waals surface area contributed by atoms with Crippen LogP contribution < -0.4 is 9.64 Å². The molecule has 10 nitrogen and oxygen atoms in total. The van der Waals surface area contributed by atoms with Gasteiger partial charge in [-0.1, -0.05) is 52.5 Å². The number of anilines is 1. The van der Waals surface area contributed by atoms with E-state index in [2.05, 4.69) is 76.6 Å². The predicted molar refractivity (Wildman–Crippen MR) is 193 cm³/mol. The minimum Gasteiger partial charge on any atom is -0.470 e. The fourth-order valence-electron chi connectivity index (χ4n) is 6.22. The van der Waals surface area contributed by atoms with Gasteiger partial charge in [0.05, 0.1) is 54.8 Å². The van der Waals surface area contributed by atoms with E-state index >= 15 is 0 Å². The van der Waals surface area contributed by atoms with E-state index in [0.29, 0.717) is 43.7 Å². The van der Waals surface area contributed by atoms with Gasteiger partial charge in [0.25, 0.3) is 0 Å². The Balaban J connectivity index is 1.27. The van der Waals surface area contributed by atoms with E-state index < -0.39 is 16.4 Å². The summed E-state index contributed by atoms with van der Waals surface area (Å²) in [5.74, 6) is 0.626. The third kappa shape index (κ3) is 7.52. The number of morpholine rings is 1. The Kier molecular flexibility index (Phi) is 10.1. The molecule has 0 spiro atoms. The highest BCUT2D eigenvalue weighted by atomic mass is 28.4. The third-order valence-corrected chi connectivity index (χ3v) is 16.4. The second-order valence-electron chi connectivity index (χ2n) is 16.0. The van der Waals surface area contributed by atoms with Gasteiger partial charge < -0.3 is 33.0 Å². The van der Waals surface area contributed by atoms with Gasteiger partial charge in [-0.2, -0.15) is 5.26 Å². The van der Waals surface area contributed by atoms with Crippen molar-refractivity contribution in [3.63, 3.8) is 0 Å². The molecule has 0 saturated carbocycles. The highest BCUT2D eigenvalue weighted by Gasteiger charge is 2.52. The molecule has 0 bridgehead atoms. The van der Waals surface area contributed by atoms with Crippen molar-refractivity contribution in [1.29, 1.82) is 5.26 Å². The maximum atomic E-state index is 10.3. The summed E-state index contributed by atoms with van der Waals surface area (Å²) in [4.78, 5) is 7.35. The Morgan fingerprint density at radius 3 is 2.27 bits per heavy atom. The van der Waals surface area contributed by atoms with E-state index in [9.17, 15) is 5.26 Å². The van der Waals surface area contributed by atoms with Gasteiger partial charge >= 0.3 is 0 Å². The second kappa shape index (κ2) is 13.9. The van der Waals surface area contributed by atoms with E-state index in [-0.39, 0.29) is 29.5 Å². The van der Waals surface area contributed by atoms with Crippen molar-refractivity contribution >= 4 is 33.1 Å². The molecule has 3 aromatic rings. The van der Waals surface area contributed by atoms with Crippen molar-refractivity contribution in [2.24, 2.45) is 0 Å². The molecule has 4 atom stereocenters. The number of nitriles is 1. The molecule has 1 aromatic carbocycles. The molecule has 0 N–H and O–H groups in total. The summed E-state index contributed by atoms with van der Waals surface area (Å²) in [6.07, 6.45) is -0.833. The molecule has 48 heavy (non-hydrogen) atoms. The number of hydrogen-bond donors (Lipinski definition) is 0. The predicted octanol–water partition coefficient (Wildman–Crippen LogP) is 6.66. The van der Waals surface area contributed by atoms with Crippen molar-refractivity contribution in [1.82, 2.24) is 9.55 Å². The Morgan fingerprint density at radius 1 is 0.958 bits per heavy atom. The molecular formula is C36H52N4O6Si2. The molecule has 2 aromatic heterocycles. The molecule has 0 aliphatic carbocycles. The normalized spacial score (nSPS) is 23.4. The number of pyridine rings is 1. The Morgan fingerprint density at radius 2 is 1.62 bits per heavy atom. The van der Waals surface area contributed by atoms with Gasteiger partial charge in [-0.3, -0.25) is 4.57 Å². The van der Waals surface area contributed by atoms with Crippen molar-refractivity contribution in [3.05, 3.63) is 42.0 Å². The van der Waals surface area contributed by atoms with Crippen LogP contribution in [-0.4, -0.2) is 96.5 Å². The molecule has 5 heterocycles. The van der Waals surface area contributed by atoms with E-state index in [1.54, 1.807) is 0 Å². The number of nitrogens with zero attached hydrogens (tertiary/aromatic N) is 4. The van der Waals surface area contributed by atoms with Crippen LogP contribution in [0.25, 0.3) is 22.3 Å². The molecule has 3 aliphatic heterocycles. The minimum atomic E-state index is -2.00. The van der Waals surface area contributed by atoms with Gasteiger partial charge in [-0.25, -0.2) is 4.98 Å². The number of benzene rings is 1. The topological polar surface area (TPSA) is 100 Å². The smallest absolute Gasteiger partial charge is 0.198 e. The van der Waals surface area contributed by atoms with Gasteiger partial charge in [-0.15, -0.1) is 0 Å². The number of aromatic nitrogens is 2. The molecule has 3 fully saturated rings. The van der Waals surface area contributed by atoms with Crippen molar-refractivity contribution in [3.8, 4) is 23.2 Å². The average Bonchev–Trinajstić information content (AvgIpc) is 3.72. The number of ether oxygens (including phenoxy) is 5. The lowest BCUT2D eigenvalue weighted by Crippen LogP contribution is -2.47. The summed E-state index contributed by atoms with van der Waals surface area (Å²) < 4.78 is 39.8. The molecule has 12 heteroatoms. The fourth-order valence-corrected chi connectivity index (χ4v) is 8.29. The summed E-state index contributed by atoms with van der Waals surface area (Å²) in [7, 11) is -3.28. The summed E-state index contributed by atoms with van der Waals surface area (Å²) in [5.41, 5.74) is 4.73. The van der Waals surface area contributed by atoms with Crippen molar-refractivity contribution in [2.45, 2.75) is 95.7 Å². The van der Waals surface area contributed by atoms with Crippen LogP contribution in [0.15, 0.2) is 36.4 Å². The zero-order valence-corrected chi connectivity index (χ0v) is 31.9. The molecule has 0 radical (unpaired) electrons. The SMILES string of the molecule is CC(C)(C)[Si](C)(C)OC1CO[C@H]2[C@@H]1OC[C@H]2Oc1cc2nc(-c3ccc(N4CCOCC4)cc3)c(C#N)cc2n1COCC[Si](C)(C)C. The maximum absolute atomic E-state index is 10.3. The standard InChI is InChI=1S/C36H52N4O6Si2/c1-36(2,3)48(7,8)46-31-23-44-34-30(22-43-35(31)34)45-32-20-28-29(40(32)24-42-17-18-47(4,5)6)19-26(21-37)33(38-28)25-9-11-27(12-10-25)39-13-15-41-16-14-39/h9-12,19-20,30-31,34-35H,13-18,22-24H2,1-8H3/t30-,31?,34-,35-/m1/s1. The van der Waals surface area contributed by atoms with E-state index in [0.717, 1.165) is 54.6 Å². The number of fused-ring (bicyclic) bond motifs is 2. The van der Waals surface area contributed by atoms with Crippen LogP contribution in [-0.2, 0) is 30.1 Å². The van der Waals surface area contributed by atoms with Gasteiger partial charge in [0.15, 0.2) is 20.3 Å². The second-order valence-corrected chi connectivity index (χ2v) is 26.4. The molecule has 260 valence electrons. The van der Waals surface area contributed by atoms with E-state index in [4.69, 9.17) is 33.1 Å². The van der Waals surface area contributed by atoms with Gasteiger partial charge in [-0.05, 0) is 42.4 Å². The van der Waals surface area contributed by atoms with Crippen LogP contribution in [0.4, 0.5) is 5.69 Å². The molecule has 6 rings (SSSR count). The summed E-state index contributed by atoms with van der Waals surface area (Å²) in [6.45, 7) is 23.3. The summed E-state index contributed by atoms with van der Waals surface area (Å²) in [5, 5.41) is 10.4. The first-order valence-corrected chi connectivity index (χ1v) is 23.9. The highest BCUT2D eigenvalue weighted by Crippen LogP contribution is 2.41. The van der Waals surface area contributed by atoms with Crippen molar-refractivity contribution < 1.29 is 28.1 Å². The monoisotopic (exact) mass is 692 g/mol. The lowest BCUT2D eigenvalue weighted by atomic mass is 10.1. The van der Waals surface area contributed by atoms with Crippen LogP contribution in [0.1, 0.15) is 26.3 Å². The summed E-state index contributed by atoms with van der Waals surface area (Å²) in [6, 6.07) is 15.6. The average molecular weight is 693 g/mol. The largest absolute Gasteiger partial charge is 0.470 e. The first-order chi connectivity index (χ1) is 22.7. The minimum absolute atomic E-state index is 0.0922. The van der Waals surface area contributed by atoms with Crippen LogP contribution in [0.2, 0.25) is 43.8 Å². The van der Waals surface area contributed by atoms with Gasteiger partial charge in [0.2, 0.25) is 0 Å². The fraction of sp³-hybridized carbons (Fsp3) is 0.611. The quantitative estimate of drug-likeness (QED) is 0.161. The van der Waals surface area contributed by atoms with Crippen LogP contribution in [0.3, 0.4) is 0 Å². The van der Waals surface area contributed by atoms with Gasteiger partial charge in [0, 0.05) is 45.1 Å². The van der Waals surface area contributed by atoms with E-state index in [1.807, 2.05) is 28.8 Å². The molecule has 3 saturated heterocycles. The van der Waals surface area contributed by atoms with Crippen molar-refractivity contribution in [2.75, 3.05) is 51.0 Å². The Bertz CT molecular complexity index is 1620. The van der Waals surface area contributed by atoms with Crippen LogP contribution >= 0.6 is 0 Å². The Hall–Kier alpha value is -2.77. The third-order valence-electron chi connectivity index (χ3n) is 10.2. The molecule has 1 unspecified atom stereocenters. The molecule has 3 aliphatic rings. The Labute approximate surface area is 287 Å². The summed E-state index contributed by atoms with van der Waals surface area (Å²) >= 11 is 0. The molecule has 0 amide bonds. The number of hydrogen-bond acceptors (Lipinski definition) is 9. The lowest BCUT2D eigenvalue weighted by molar-refractivity contribution is 0.00859.